The summed E-state index contributed by atoms with van der Waals surface area (Å²) in [5.74, 6) is 0.380. The number of pyridine rings is 1. The normalized spacial score (nSPS) is 19.2. The number of aromatic nitrogens is 5. The lowest BCUT2D eigenvalue weighted by Crippen LogP contribution is -2.44. The van der Waals surface area contributed by atoms with Crippen molar-refractivity contribution in [3.05, 3.63) is 48.5 Å². The standard InChI is InChI=1S/C25H26ClN7O2/c26-13-23(34)31-9-4-16(5-10-31)25(35)32-11-6-17(15-32)21-12-19-18(3-8-27-24(19)30-21)20-14-29-33-22(20)2-1-7-28-33/h1-3,7-8,12,14,16-17H,4-6,9-11,13,15H2,(H,27,30). The molecule has 0 radical (unpaired) electrons. The first kappa shape index (κ1) is 22.0. The predicted octanol–water partition coefficient (Wildman–Crippen LogP) is 3.07. The quantitative estimate of drug-likeness (QED) is 0.442. The molecule has 2 saturated heterocycles. The molecule has 2 aliphatic heterocycles. The highest BCUT2D eigenvalue weighted by Crippen LogP contribution is 2.35. The monoisotopic (exact) mass is 491 g/mol. The molecular weight excluding hydrogens is 466 g/mol. The lowest BCUT2D eigenvalue weighted by molar-refractivity contribution is -0.139. The van der Waals surface area contributed by atoms with Crippen LogP contribution in [0.5, 0.6) is 0 Å². The molecule has 35 heavy (non-hydrogen) atoms. The smallest absolute Gasteiger partial charge is 0.237 e. The van der Waals surface area contributed by atoms with E-state index in [0.29, 0.717) is 32.5 Å². The number of carbonyl (C=O) groups excluding carboxylic acids is 2. The van der Waals surface area contributed by atoms with E-state index in [-0.39, 0.29) is 29.5 Å². The van der Waals surface area contributed by atoms with Crippen LogP contribution in [-0.2, 0) is 9.59 Å². The number of amides is 2. The number of nitrogens with one attached hydrogen (secondary N) is 1. The molecule has 4 aromatic heterocycles. The third kappa shape index (κ3) is 3.93. The lowest BCUT2D eigenvalue weighted by Gasteiger charge is -2.33. The number of fused-ring (bicyclic) bond motifs is 2. The Balaban J connectivity index is 1.19. The van der Waals surface area contributed by atoms with Crippen LogP contribution in [-0.4, -0.2) is 78.5 Å². The van der Waals surface area contributed by atoms with Crippen LogP contribution in [0.2, 0.25) is 0 Å². The van der Waals surface area contributed by atoms with Gasteiger partial charge in [-0.05, 0) is 49.1 Å². The lowest BCUT2D eigenvalue weighted by atomic mass is 9.95. The number of piperidine rings is 1. The van der Waals surface area contributed by atoms with Crippen LogP contribution in [0.1, 0.15) is 30.9 Å². The Kier molecular flexibility index (Phi) is 5.64. The maximum atomic E-state index is 13.2. The van der Waals surface area contributed by atoms with Crippen LogP contribution in [0.15, 0.2) is 42.9 Å². The zero-order valence-corrected chi connectivity index (χ0v) is 20.0. The Hall–Kier alpha value is -3.46. The second-order valence-corrected chi connectivity index (χ2v) is 9.63. The van der Waals surface area contributed by atoms with Gasteiger partial charge in [0.25, 0.3) is 0 Å². The number of aromatic amines is 1. The van der Waals surface area contributed by atoms with Crippen LogP contribution in [0, 0.1) is 5.92 Å². The minimum absolute atomic E-state index is 0.00177. The van der Waals surface area contributed by atoms with E-state index in [1.807, 2.05) is 35.5 Å². The number of carbonyl (C=O) groups is 2. The highest BCUT2D eigenvalue weighted by atomic mass is 35.5. The third-order valence-electron chi connectivity index (χ3n) is 7.40. The second-order valence-electron chi connectivity index (χ2n) is 9.36. The summed E-state index contributed by atoms with van der Waals surface area (Å²) in [6.45, 7) is 2.66. The van der Waals surface area contributed by atoms with E-state index < -0.39 is 0 Å². The van der Waals surface area contributed by atoms with Gasteiger partial charge in [0.15, 0.2) is 0 Å². The highest BCUT2D eigenvalue weighted by molar-refractivity contribution is 6.27. The Morgan fingerprint density at radius 2 is 1.86 bits per heavy atom. The fourth-order valence-corrected chi connectivity index (χ4v) is 5.64. The van der Waals surface area contributed by atoms with Crippen molar-refractivity contribution < 1.29 is 9.59 Å². The average Bonchev–Trinajstić information content (AvgIpc) is 3.65. The molecule has 0 bridgehead atoms. The summed E-state index contributed by atoms with van der Waals surface area (Å²) in [6, 6.07) is 8.10. The number of halogens is 1. The SMILES string of the molecule is O=C(CCl)N1CCC(C(=O)N2CCC(c3cc4c(-c5cnn6ncccc56)ccnc4[nH]3)C2)CC1. The van der Waals surface area contributed by atoms with E-state index in [1.165, 1.54) is 0 Å². The zero-order chi connectivity index (χ0) is 23.9. The molecule has 9 nitrogen and oxygen atoms in total. The number of likely N-dealkylation sites (tertiary alicyclic amines) is 2. The topological polar surface area (TPSA) is 99.5 Å². The van der Waals surface area contributed by atoms with Gasteiger partial charge in [-0.1, -0.05) is 0 Å². The highest BCUT2D eigenvalue weighted by Gasteiger charge is 2.34. The van der Waals surface area contributed by atoms with Gasteiger partial charge in [-0.25, -0.2) is 4.98 Å². The first-order valence-corrected chi connectivity index (χ1v) is 12.6. The van der Waals surface area contributed by atoms with Gasteiger partial charge < -0.3 is 14.8 Å². The zero-order valence-electron chi connectivity index (χ0n) is 19.2. The van der Waals surface area contributed by atoms with Crippen LogP contribution >= 0.6 is 11.6 Å². The number of hydrogen-bond donors (Lipinski definition) is 1. The fourth-order valence-electron chi connectivity index (χ4n) is 5.48. The van der Waals surface area contributed by atoms with Crippen LogP contribution in [0.4, 0.5) is 0 Å². The maximum Gasteiger partial charge on any atom is 0.237 e. The largest absolute Gasteiger partial charge is 0.343 e. The van der Waals surface area contributed by atoms with E-state index in [9.17, 15) is 9.59 Å². The number of hydrogen-bond acceptors (Lipinski definition) is 5. The Morgan fingerprint density at radius 1 is 1.03 bits per heavy atom. The molecule has 0 aromatic carbocycles. The average molecular weight is 492 g/mol. The van der Waals surface area contributed by atoms with E-state index in [1.54, 1.807) is 15.7 Å². The molecule has 2 aliphatic rings. The molecule has 0 aliphatic carbocycles. The van der Waals surface area contributed by atoms with E-state index in [0.717, 1.165) is 46.3 Å². The van der Waals surface area contributed by atoms with E-state index in [4.69, 9.17) is 11.6 Å². The molecule has 0 saturated carbocycles. The molecule has 6 rings (SSSR count). The molecule has 6 heterocycles. The number of rotatable bonds is 4. The summed E-state index contributed by atoms with van der Waals surface area (Å²) in [7, 11) is 0. The van der Waals surface area contributed by atoms with Crippen molar-refractivity contribution in [2.45, 2.75) is 25.2 Å². The van der Waals surface area contributed by atoms with Gasteiger partial charge in [0.1, 0.15) is 11.5 Å². The van der Waals surface area contributed by atoms with Crippen molar-refractivity contribution in [3.63, 3.8) is 0 Å². The summed E-state index contributed by atoms with van der Waals surface area (Å²) in [5.41, 5.74) is 4.95. The molecule has 2 fully saturated rings. The predicted molar refractivity (Wildman–Crippen MR) is 132 cm³/mol. The van der Waals surface area contributed by atoms with E-state index in [2.05, 4.69) is 26.2 Å². The van der Waals surface area contributed by atoms with Crippen molar-refractivity contribution >= 4 is 40.0 Å². The molecule has 10 heteroatoms. The van der Waals surface area contributed by atoms with Crippen molar-refractivity contribution in [2.75, 3.05) is 32.1 Å². The molecule has 2 amide bonds. The summed E-state index contributed by atoms with van der Waals surface area (Å²) in [4.78, 5) is 36.8. The number of H-pyrrole nitrogens is 1. The van der Waals surface area contributed by atoms with Gasteiger partial charge >= 0.3 is 0 Å². The Labute approximate surface area is 207 Å². The fraction of sp³-hybridized carbons (Fsp3) is 0.400. The molecule has 0 spiro atoms. The van der Waals surface area contributed by atoms with Crippen LogP contribution in [0.25, 0.3) is 27.7 Å². The van der Waals surface area contributed by atoms with Gasteiger partial charge in [-0.15, -0.1) is 11.6 Å². The van der Waals surface area contributed by atoms with Crippen molar-refractivity contribution in [1.29, 1.82) is 0 Å². The Bertz CT molecular complexity index is 1410. The van der Waals surface area contributed by atoms with E-state index >= 15 is 0 Å². The van der Waals surface area contributed by atoms with Gasteiger partial charge in [0.05, 0.1) is 11.7 Å². The molecule has 1 N–H and O–H groups in total. The first-order chi connectivity index (χ1) is 17.1. The van der Waals surface area contributed by atoms with Gasteiger partial charge in [-0.3, -0.25) is 9.59 Å². The molecule has 1 unspecified atom stereocenters. The van der Waals surface area contributed by atoms with Crippen LogP contribution < -0.4 is 0 Å². The molecular formula is C25H26ClN7O2. The van der Waals surface area contributed by atoms with Gasteiger partial charge in [0.2, 0.25) is 11.8 Å². The Morgan fingerprint density at radius 3 is 2.69 bits per heavy atom. The van der Waals surface area contributed by atoms with Crippen molar-refractivity contribution in [2.24, 2.45) is 5.92 Å². The van der Waals surface area contributed by atoms with Crippen LogP contribution in [0.3, 0.4) is 0 Å². The summed E-state index contributed by atoms with van der Waals surface area (Å²) < 4.78 is 1.63. The minimum Gasteiger partial charge on any atom is -0.343 e. The summed E-state index contributed by atoms with van der Waals surface area (Å²) >= 11 is 5.68. The molecule has 4 aromatic rings. The molecule has 1 atom stereocenters. The van der Waals surface area contributed by atoms with Gasteiger partial charge in [-0.2, -0.15) is 14.8 Å². The maximum absolute atomic E-state index is 13.2. The van der Waals surface area contributed by atoms with Crippen molar-refractivity contribution in [1.82, 2.24) is 34.6 Å². The first-order valence-electron chi connectivity index (χ1n) is 12.0. The number of alkyl halides is 1. The number of nitrogens with zero attached hydrogens (tertiary/aromatic N) is 6. The second kappa shape index (κ2) is 8.96. The minimum atomic E-state index is -0.0500. The van der Waals surface area contributed by atoms with Gasteiger partial charge in [0, 0.05) is 67.1 Å². The third-order valence-corrected chi connectivity index (χ3v) is 7.63. The molecule has 180 valence electrons. The summed E-state index contributed by atoms with van der Waals surface area (Å²) in [6.07, 6.45) is 7.69. The summed E-state index contributed by atoms with van der Waals surface area (Å²) in [5, 5.41) is 9.70. The van der Waals surface area contributed by atoms with Crippen molar-refractivity contribution in [3.8, 4) is 11.1 Å².